The van der Waals surface area contributed by atoms with Crippen LogP contribution >= 0.6 is 0 Å². The van der Waals surface area contributed by atoms with Crippen LogP contribution < -0.4 is 11.1 Å². The van der Waals surface area contributed by atoms with Crippen molar-refractivity contribution in [1.82, 2.24) is 14.8 Å². The average Bonchev–Trinajstić information content (AvgIpc) is 2.90. The summed E-state index contributed by atoms with van der Waals surface area (Å²) in [7, 11) is 0. The number of aryl methyl sites for hydroxylation is 1. The van der Waals surface area contributed by atoms with E-state index in [-0.39, 0.29) is 5.91 Å². The topological polar surface area (TPSA) is 85.8 Å². The molecule has 0 saturated heterocycles. The maximum Gasteiger partial charge on any atom is 0.226 e. The molecule has 0 atom stereocenters. The fourth-order valence-corrected chi connectivity index (χ4v) is 1.51. The molecule has 0 spiro atoms. The van der Waals surface area contributed by atoms with Crippen LogP contribution in [0.3, 0.4) is 0 Å². The van der Waals surface area contributed by atoms with Gasteiger partial charge in [-0.25, -0.2) is 4.98 Å². The molecule has 0 aliphatic heterocycles. The van der Waals surface area contributed by atoms with Gasteiger partial charge in [0.15, 0.2) is 0 Å². The Kier molecular flexibility index (Phi) is 4.03. The van der Waals surface area contributed by atoms with Crippen molar-refractivity contribution in [2.45, 2.75) is 19.5 Å². The van der Waals surface area contributed by atoms with Crippen LogP contribution in [0.4, 0.5) is 5.69 Å². The number of hydrogen-bond acceptors (Lipinski definition) is 4. The molecule has 0 aliphatic rings. The minimum Gasteiger partial charge on any atom is -0.326 e. The van der Waals surface area contributed by atoms with Crippen molar-refractivity contribution in [3.05, 3.63) is 42.5 Å². The summed E-state index contributed by atoms with van der Waals surface area (Å²) < 4.78 is 1.62. The maximum atomic E-state index is 11.7. The third kappa shape index (κ3) is 3.39. The van der Waals surface area contributed by atoms with E-state index in [4.69, 9.17) is 5.73 Å². The molecule has 6 nitrogen and oxygen atoms in total. The number of benzene rings is 1. The van der Waals surface area contributed by atoms with E-state index in [1.165, 1.54) is 6.33 Å². The molecule has 3 N–H and O–H groups in total. The molecule has 1 aromatic carbocycles. The molecule has 2 rings (SSSR count). The quantitative estimate of drug-likeness (QED) is 0.814. The number of rotatable bonds is 5. The molecule has 18 heavy (non-hydrogen) atoms. The Balaban J connectivity index is 1.83. The smallest absolute Gasteiger partial charge is 0.226 e. The molecular weight excluding hydrogens is 230 g/mol. The van der Waals surface area contributed by atoms with Crippen molar-refractivity contribution in [1.29, 1.82) is 0 Å². The highest BCUT2D eigenvalue weighted by Gasteiger charge is 2.03. The van der Waals surface area contributed by atoms with Crippen LogP contribution in [0.2, 0.25) is 0 Å². The number of nitrogens with zero attached hydrogens (tertiary/aromatic N) is 3. The van der Waals surface area contributed by atoms with Gasteiger partial charge in [-0.15, -0.1) is 0 Å². The largest absolute Gasteiger partial charge is 0.326 e. The van der Waals surface area contributed by atoms with E-state index >= 15 is 0 Å². The lowest BCUT2D eigenvalue weighted by Gasteiger charge is -2.06. The van der Waals surface area contributed by atoms with Crippen molar-refractivity contribution in [3.8, 4) is 0 Å². The van der Waals surface area contributed by atoms with E-state index in [0.717, 1.165) is 11.3 Å². The highest BCUT2D eigenvalue weighted by atomic mass is 16.1. The fourth-order valence-electron chi connectivity index (χ4n) is 1.51. The highest BCUT2D eigenvalue weighted by molar-refractivity contribution is 5.90. The fraction of sp³-hybridized carbons (Fsp3) is 0.250. The Labute approximate surface area is 105 Å². The van der Waals surface area contributed by atoms with Crippen LogP contribution in [0.1, 0.15) is 12.0 Å². The number of carbonyl (C=O) groups is 1. The molecule has 0 bridgehead atoms. The molecule has 0 saturated carbocycles. The first-order valence-corrected chi connectivity index (χ1v) is 5.69. The Morgan fingerprint density at radius 1 is 1.33 bits per heavy atom. The molecule has 0 aliphatic carbocycles. The Bertz CT molecular complexity index is 492. The molecule has 0 fully saturated rings. The normalized spacial score (nSPS) is 10.3. The molecule has 0 unspecified atom stereocenters. The zero-order valence-electron chi connectivity index (χ0n) is 9.91. The van der Waals surface area contributed by atoms with E-state index in [2.05, 4.69) is 15.4 Å². The number of carbonyl (C=O) groups excluding carboxylic acids is 1. The average molecular weight is 245 g/mol. The third-order valence-electron chi connectivity index (χ3n) is 2.51. The second kappa shape index (κ2) is 5.92. The highest BCUT2D eigenvalue weighted by Crippen LogP contribution is 2.09. The molecule has 1 amide bonds. The first kappa shape index (κ1) is 12.3. The molecule has 6 heteroatoms. The first-order chi connectivity index (χ1) is 8.78. The molecule has 2 aromatic rings. The Hall–Kier alpha value is -2.21. The van der Waals surface area contributed by atoms with Gasteiger partial charge in [-0.05, 0) is 17.7 Å². The van der Waals surface area contributed by atoms with E-state index in [1.807, 2.05) is 24.3 Å². The summed E-state index contributed by atoms with van der Waals surface area (Å²) in [6.45, 7) is 1.02. The summed E-state index contributed by atoms with van der Waals surface area (Å²) in [4.78, 5) is 15.5. The van der Waals surface area contributed by atoms with Crippen molar-refractivity contribution in [2.75, 3.05) is 5.32 Å². The van der Waals surface area contributed by atoms with Crippen LogP contribution in [0.5, 0.6) is 0 Å². The summed E-state index contributed by atoms with van der Waals surface area (Å²) in [6.07, 6.45) is 3.40. The molecule has 1 heterocycles. The van der Waals surface area contributed by atoms with Gasteiger partial charge in [0, 0.05) is 18.7 Å². The van der Waals surface area contributed by atoms with Gasteiger partial charge in [-0.1, -0.05) is 12.1 Å². The zero-order valence-corrected chi connectivity index (χ0v) is 9.91. The third-order valence-corrected chi connectivity index (χ3v) is 2.51. The monoisotopic (exact) mass is 245 g/mol. The molecule has 0 radical (unpaired) electrons. The minimum absolute atomic E-state index is 0.0500. The minimum atomic E-state index is -0.0500. The molecule has 1 aromatic heterocycles. The zero-order chi connectivity index (χ0) is 12.8. The van der Waals surface area contributed by atoms with Gasteiger partial charge < -0.3 is 11.1 Å². The number of amides is 1. The van der Waals surface area contributed by atoms with E-state index in [9.17, 15) is 4.79 Å². The summed E-state index contributed by atoms with van der Waals surface area (Å²) >= 11 is 0. The number of hydrogen-bond donors (Lipinski definition) is 2. The number of aromatic nitrogens is 3. The van der Waals surface area contributed by atoms with Crippen molar-refractivity contribution in [2.24, 2.45) is 5.73 Å². The standard InChI is InChI=1S/C12H15N5O/c13-7-10-1-3-11(4-2-10)16-12(18)5-6-17-9-14-8-15-17/h1-4,8-9H,5-7,13H2,(H,16,18). The van der Waals surface area contributed by atoms with Crippen molar-refractivity contribution >= 4 is 11.6 Å². The predicted molar refractivity (Wildman–Crippen MR) is 67.6 cm³/mol. The second-order valence-electron chi connectivity index (χ2n) is 3.86. The maximum absolute atomic E-state index is 11.7. The van der Waals surface area contributed by atoms with Crippen LogP contribution in [0, 0.1) is 0 Å². The van der Waals surface area contributed by atoms with Gasteiger partial charge in [0.1, 0.15) is 12.7 Å². The van der Waals surface area contributed by atoms with Gasteiger partial charge in [-0.3, -0.25) is 9.48 Å². The van der Waals surface area contributed by atoms with E-state index in [0.29, 0.717) is 19.5 Å². The second-order valence-corrected chi connectivity index (χ2v) is 3.86. The van der Waals surface area contributed by atoms with Crippen LogP contribution in [0.15, 0.2) is 36.9 Å². The van der Waals surface area contributed by atoms with Crippen molar-refractivity contribution in [3.63, 3.8) is 0 Å². The summed E-state index contributed by atoms with van der Waals surface area (Å²) in [5.41, 5.74) is 7.31. The lowest BCUT2D eigenvalue weighted by atomic mass is 10.2. The van der Waals surface area contributed by atoms with Crippen LogP contribution in [-0.2, 0) is 17.9 Å². The summed E-state index contributed by atoms with van der Waals surface area (Å²) in [5, 5.41) is 6.74. The van der Waals surface area contributed by atoms with E-state index < -0.39 is 0 Å². The van der Waals surface area contributed by atoms with Gasteiger partial charge in [-0.2, -0.15) is 5.10 Å². The number of nitrogens with one attached hydrogen (secondary N) is 1. The van der Waals surface area contributed by atoms with Gasteiger partial charge in [0.05, 0.1) is 6.54 Å². The van der Waals surface area contributed by atoms with Gasteiger partial charge >= 0.3 is 0 Å². The molecular formula is C12H15N5O. The summed E-state index contributed by atoms with van der Waals surface area (Å²) in [5.74, 6) is -0.0500. The van der Waals surface area contributed by atoms with E-state index in [1.54, 1.807) is 11.0 Å². The van der Waals surface area contributed by atoms with Gasteiger partial charge in [0.25, 0.3) is 0 Å². The first-order valence-electron chi connectivity index (χ1n) is 5.69. The Morgan fingerprint density at radius 2 is 2.11 bits per heavy atom. The van der Waals surface area contributed by atoms with Gasteiger partial charge in [0.2, 0.25) is 5.91 Å². The van der Waals surface area contributed by atoms with Crippen LogP contribution in [0.25, 0.3) is 0 Å². The van der Waals surface area contributed by atoms with Crippen molar-refractivity contribution < 1.29 is 4.79 Å². The number of nitrogens with two attached hydrogens (primary N) is 1. The Morgan fingerprint density at radius 3 is 2.72 bits per heavy atom. The lowest BCUT2D eigenvalue weighted by molar-refractivity contribution is -0.116. The number of anilines is 1. The van der Waals surface area contributed by atoms with Crippen LogP contribution in [-0.4, -0.2) is 20.7 Å². The lowest BCUT2D eigenvalue weighted by Crippen LogP contribution is -2.14. The molecule has 94 valence electrons. The summed E-state index contributed by atoms with van der Waals surface area (Å²) in [6, 6.07) is 7.48. The SMILES string of the molecule is NCc1ccc(NC(=O)CCn2cncn2)cc1. The predicted octanol–water partition coefficient (Wildman–Crippen LogP) is 0.766.